The maximum atomic E-state index is 12.5. The molecule has 2 aromatic heterocycles. The van der Waals surface area contributed by atoms with E-state index in [0.717, 1.165) is 0 Å². The molecule has 142 valence electrons. The average molecular weight is 430 g/mol. The fraction of sp³-hybridized carbons (Fsp3) is 0.188. The molecule has 0 saturated carbocycles. The molecule has 0 atom stereocenters. The zero-order chi connectivity index (χ0) is 19.6. The topological polar surface area (TPSA) is 95.7 Å². The van der Waals surface area contributed by atoms with Gasteiger partial charge in [-0.2, -0.15) is 0 Å². The van der Waals surface area contributed by atoms with Crippen molar-refractivity contribution in [1.29, 1.82) is 0 Å². The van der Waals surface area contributed by atoms with E-state index in [9.17, 15) is 4.79 Å². The normalized spacial score (nSPS) is 10.6. The number of ether oxygens (including phenoxy) is 3. The second kappa shape index (κ2) is 8.03. The third-order valence-electron chi connectivity index (χ3n) is 3.46. The molecule has 0 fully saturated rings. The van der Waals surface area contributed by atoms with Crippen molar-refractivity contribution < 1.29 is 23.4 Å². The molecule has 0 aliphatic heterocycles. The van der Waals surface area contributed by atoms with Crippen LogP contribution in [0, 0.1) is 0 Å². The van der Waals surface area contributed by atoms with E-state index < -0.39 is 5.91 Å². The van der Waals surface area contributed by atoms with E-state index in [-0.39, 0.29) is 17.5 Å². The quantitative estimate of drug-likeness (QED) is 0.620. The van der Waals surface area contributed by atoms with E-state index in [4.69, 9.17) is 41.8 Å². The van der Waals surface area contributed by atoms with Crippen LogP contribution in [-0.2, 0) is 0 Å². The second-order valence-corrected chi connectivity index (χ2v) is 7.30. The summed E-state index contributed by atoms with van der Waals surface area (Å²) >= 11 is 13.1. The van der Waals surface area contributed by atoms with Gasteiger partial charge in [-0.05, 0) is 18.2 Å². The van der Waals surface area contributed by atoms with Gasteiger partial charge in [0.15, 0.2) is 11.5 Å². The summed E-state index contributed by atoms with van der Waals surface area (Å²) in [5.41, 5.74) is 0.744. The lowest BCUT2D eigenvalue weighted by molar-refractivity contribution is 0.102. The third-order valence-corrected chi connectivity index (χ3v) is 4.95. The number of thiophene rings is 1. The van der Waals surface area contributed by atoms with E-state index in [1.165, 1.54) is 44.8 Å². The van der Waals surface area contributed by atoms with Gasteiger partial charge in [0.05, 0.1) is 31.2 Å². The van der Waals surface area contributed by atoms with Crippen molar-refractivity contribution in [2.75, 3.05) is 26.6 Å². The summed E-state index contributed by atoms with van der Waals surface area (Å²) in [7, 11) is 4.39. The fourth-order valence-corrected chi connectivity index (χ4v) is 3.70. The molecule has 8 nitrogen and oxygen atoms in total. The average Bonchev–Trinajstić information content (AvgIpc) is 3.25. The summed E-state index contributed by atoms with van der Waals surface area (Å²) < 4.78 is 22.0. The van der Waals surface area contributed by atoms with Crippen molar-refractivity contribution >= 4 is 46.5 Å². The first kappa shape index (κ1) is 19.3. The minimum Gasteiger partial charge on any atom is -0.493 e. The fourth-order valence-electron chi connectivity index (χ4n) is 2.25. The number of carbonyl (C=O) groups is 1. The lowest BCUT2D eigenvalue weighted by Gasteiger charge is -2.13. The third kappa shape index (κ3) is 3.95. The highest BCUT2D eigenvalue weighted by Crippen LogP contribution is 2.39. The summed E-state index contributed by atoms with van der Waals surface area (Å²) in [4.78, 5) is 12.5. The van der Waals surface area contributed by atoms with Crippen LogP contribution < -0.4 is 19.5 Å². The van der Waals surface area contributed by atoms with Crippen LogP contribution in [0.4, 0.5) is 6.01 Å². The highest BCUT2D eigenvalue weighted by molar-refractivity contribution is 7.20. The lowest BCUT2D eigenvalue weighted by Crippen LogP contribution is -2.13. The summed E-state index contributed by atoms with van der Waals surface area (Å²) in [6.07, 6.45) is 0. The Hall–Kier alpha value is -2.49. The van der Waals surface area contributed by atoms with Crippen molar-refractivity contribution in [2.24, 2.45) is 0 Å². The van der Waals surface area contributed by atoms with Crippen molar-refractivity contribution in [2.45, 2.75) is 0 Å². The summed E-state index contributed by atoms with van der Waals surface area (Å²) in [6.45, 7) is 0. The van der Waals surface area contributed by atoms with Crippen molar-refractivity contribution in [3.63, 3.8) is 0 Å². The number of amides is 1. The number of benzene rings is 1. The van der Waals surface area contributed by atoms with Gasteiger partial charge in [0, 0.05) is 5.56 Å². The molecule has 2 heterocycles. The molecule has 0 saturated heterocycles. The highest BCUT2D eigenvalue weighted by atomic mass is 35.5. The zero-order valence-corrected chi connectivity index (χ0v) is 16.7. The molecule has 0 unspecified atom stereocenters. The predicted molar refractivity (Wildman–Crippen MR) is 102 cm³/mol. The molecular weight excluding hydrogens is 417 g/mol. The Balaban J connectivity index is 1.85. The Morgan fingerprint density at radius 1 is 1.07 bits per heavy atom. The number of hydrogen-bond acceptors (Lipinski definition) is 8. The molecule has 1 amide bonds. The number of halogens is 2. The Morgan fingerprint density at radius 3 is 2.26 bits per heavy atom. The van der Waals surface area contributed by atoms with Gasteiger partial charge >= 0.3 is 6.01 Å². The number of nitrogens with one attached hydrogen (secondary N) is 1. The smallest absolute Gasteiger partial charge is 0.322 e. The van der Waals surface area contributed by atoms with Crippen molar-refractivity contribution in [3.8, 4) is 28.7 Å². The van der Waals surface area contributed by atoms with Crippen LogP contribution in [-0.4, -0.2) is 37.4 Å². The van der Waals surface area contributed by atoms with Gasteiger partial charge in [-0.3, -0.25) is 10.1 Å². The maximum Gasteiger partial charge on any atom is 0.322 e. The summed E-state index contributed by atoms with van der Waals surface area (Å²) in [5.74, 6) is 0.698. The van der Waals surface area contributed by atoms with Crippen LogP contribution in [0.15, 0.2) is 22.6 Å². The Kier molecular flexibility index (Phi) is 5.73. The second-order valence-electron chi connectivity index (χ2n) is 5.02. The molecule has 11 heteroatoms. The lowest BCUT2D eigenvalue weighted by atomic mass is 10.1. The molecule has 3 aromatic rings. The van der Waals surface area contributed by atoms with Crippen LogP contribution >= 0.6 is 34.5 Å². The largest absolute Gasteiger partial charge is 0.493 e. The van der Waals surface area contributed by atoms with Gasteiger partial charge < -0.3 is 18.6 Å². The number of methoxy groups -OCH3 is 3. The first-order valence-electron chi connectivity index (χ1n) is 7.36. The minimum atomic E-state index is -0.501. The first-order valence-corrected chi connectivity index (χ1v) is 8.94. The Morgan fingerprint density at radius 2 is 1.74 bits per heavy atom. The molecule has 0 bridgehead atoms. The SMILES string of the molecule is COc1cc(C(=O)Nc2nnc(-c3cc(Cl)sc3Cl)o2)cc(OC)c1OC. The van der Waals surface area contributed by atoms with Gasteiger partial charge in [-0.15, -0.1) is 16.4 Å². The molecule has 0 spiro atoms. The van der Waals surface area contributed by atoms with Crippen LogP contribution in [0.1, 0.15) is 10.4 Å². The van der Waals surface area contributed by atoms with Crippen LogP contribution in [0.2, 0.25) is 8.67 Å². The maximum absolute atomic E-state index is 12.5. The van der Waals surface area contributed by atoms with E-state index >= 15 is 0 Å². The van der Waals surface area contributed by atoms with Crippen LogP contribution in [0.25, 0.3) is 11.5 Å². The molecule has 0 radical (unpaired) electrons. The van der Waals surface area contributed by atoms with Gasteiger partial charge in [-0.25, -0.2) is 0 Å². The predicted octanol–water partition coefficient (Wildman–Crippen LogP) is 4.38. The van der Waals surface area contributed by atoms with Crippen molar-refractivity contribution in [3.05, 3.63) is 32.4 Å². The first-order chi connectivity index (χ1) is 13.0. The molecule has 1 N–H and O–H groups in total. The van der Waals surface area contributed by atoms with E-state index in [0.29, 0.717) is 31.5 Å². The molecular formula is C16H13Cl2N3O5S. The number of anilines is 1. The minimum absolute atomic E-state index is 0.0952. The van der Waals surface area contributed by atoms with Crippen molar-refractivity contribution in [1.82, 2.24) is 10.2 Å². The van der Waals surface area contributed by atoms with E-state index in [1.54, 1.807) is 6.07 Å². The van der Waals surface area contributed by atoms with Gasteiger partial charge in [0.2, 0.25) is 5.75 Å². The highest BCUT2D eigenvalue weighted by Gasteiger charge is 2.20. The number of carbonyl (C=O) groups excluding carboxylic acids is 1. The molecule has 1 aromatic carbocycles. The molecule has 0 aliphatic rings. The standard InChI is InChI=1S/C16H13Cl2N3O5S/c1-23-9-4-7(5-10(24-2)12(9)25-3)14(22)19-16-21-20-15(26-16)8-6-11(17)27-13(8)18/h4-6H,1-3H3,(H,19,21,22). The van der Waals surface area contributed by atoms with Gasteiger partial charge in [-0.1, -0.05) is 28.3 Å². The monoisotopic (exact) mass is 429 g/mol. The number of hydrogen-bond donors (Lipinski definition) is 1. The molecule has 3 rings (SSSR count). The Bertz CT molecular complexity index is 963. The van der Waals surface area contributed by atoms with E-state index in [2.05, 4.69) is 15.5 Å². The zero-order valence-electron chi connectivity index (χ0n) is 14.3. The number of rotatable bonds is 6. The summed E-state index contributed by atoms with van der Waals surface area (Å²) in [5, 5.41) is 10.2. The number of aromatic nitrogens is 2. The van der Waals surface area contributed by atoms with E-state index in [1.807, 2.05) is 0 Å². The van der Waals surface area contributed by atoms with Crippen LogP contribution in [0.5, 0.6) is 17.2 Å². The van der Waals surface area contributed by atoms with Gasteiger partial charge in [0.1, 0.15) is 4.34 Å². The number of nitrogens with zero attached hydrogens (tertiary/aromatic N) is 2. The van der Waals surface area contributed by atoms with Crippen LogP contribution in [0.3, 0.4) is 0 Å². The van der Waals surface area contributed by atoms with Gasteiger partial charge in [0.25, 0.3) is 11.8 Å². The molecule has 27 heavy (non-hydrogen) atoms. The molecule has 0 aliphatic carbocycles. The summed E-state index contributed by atoms with van der Waals surface area (Å²) in [6, 6.07) is 4.52. The Labute approximate surface area is 168 Å².